The first-order valence-electron chi connectivity index (χ1n) is 1.85. The van der Waals surface area contributed by atoms with Crippen molar-refractivity contribution in [3.05, 3.63) is 0 Å². The van der Waals surface area contributed by atoms with E-state index in [9.17, 15) is 0 Å². The summed E-state index contributed by atoms with van der Waals surface area (Å²) in [6.07, 6.45) is 0. The van der Waals surface area contributed by atoms with Crippen LogP contribution in [0.3, 0.4) is 0 Å². The van der Waals surface area contributed by atoms with Gasteiger partial charge in [-0.3, -0.25) is 0 Å². The molecule has 13 nitrogen and oxygen atoms in total. The first-order valence-corrected chi connectivity index (χ1v) is 7.63. The van der Waals surface area contributed by atoms with Gasteiger partial charge in [-0.1, -0.05) is 0 Å². The van der Waals surface area contributed by atoms with Gasteiger partial charge in [0.1, 0.15) is 0 Å². The topological polar surface area (TPSA) is 257 Å². The van der Waals surface area contributed by atoms with Crippen LogP contribution < -0.4 is 64.0 Å². The van der Waals surface area contributed by atoms with E-state index in [1.165, 1.54) is 0 Å². The van der Waals surface area contributed by atoms with Crippen LogP contribution in [0.1, 0.15) is 0 Å². The Labute approximate surface area is 140 Å². The molecule has 0 saturated heterocycles. The van der Waals surface area contributed by atoms with Crippen molar-refractivity contribution in [3.8, 4) is 0 Å². The fourth-order valence-corrected chi connectivity index (χ4v) is 0. The maximum atomic E-state index is 8.58. The molecule has 0 spiro atoms. The van der Waals surface area contributed by atoms with Gasteiger partial charge < -0.3 is 5.48 Å². The molecule has 0 aromatic carbocycles. The molecule has 0 aromatic rings. The normalized spacial score (nSPS) is 10.1. The van der Waals surface area contributed by atoms with Crippen LogP contribution in [0.4, 0.5) is 0 Å². The molecule has 0 atom stereocenters. The molecule has 0 heterocycles. The monoisotopic (exact) mass is 416 g/mol. The van der Waals surface area contributed by atoms with Crippen LogP contribution >= 0.6 is 0 Å². The van der Waals surface area contributed by atoms with Crippen molar-refractivity contribution >= 4 is 0 Å². The standard InChI is InChI=1S/K.3Mn.H4O.12O/h;;;;1H4;;;;;;;;;;;;/q+1;;;;+2;;;;;;;;;;3*-1. The summed E-state index contributed by atoms with van der Waals surface area (Å²) in [5, 5.41) is 0. The Bertz CT molecular complexity index is 480. The number of rotatable bonds is 0. The van der Waals surface area contributed by atoms with Gasteiger partial charge in [0.2, 0.25) is 0 Å². The third-order valence-electron chi connectivity index (χ3n) is 0. The Morgan fingerprint density at radius 2 is 0.471 bits per heavy atom. The van der Waals surface area contributed by atoms with Gasteiger partial charge in [-0.25, -0.2) is 0 Å². The van der Waals surface area contributed by atoms with Crippen LogP contribution in [0.2, 0.25) is 0 Å². The molecular formula is H4KMn3O13. The Kier molecular flexibility index (Phi) is 22.3. The van der Waals surface area contributed by atoms with Gasteiger partial charge in [0, 0.05) is 0 Å². The van der Waals surface area contributed by atoms with Crippen LogP contribution in [-0.2, 0) is 78.9 Å². The van der Waals surface area contributed by atoms with Gasteiger partial charge >= 0.3 is 137 Å². The fourth-order valence-electron chi connectivity index (χ4n) is 0. The Balaban J connectivity index is -0.0000000400. The second kappa shape index (κ2) is 12.3. The van der Waals surface area contributed by atoms with Gasteiger partial charge in [-0.15, -0.1) is 0 Å². The van der Waals surface area contributed by atoms with Crippen molar-refractivity contribution in [2.75, 3.05) is 0 Å². The van der Waals surface area contributed by atoms with Crippen LogP contribution in [0.25, 0.3) is 0 Å². The second-order valence-electron chi connectivity index (χ2n) is 1.13. The zero-order chi connectivity index (χ0) is 13.5. The van der Waals surface area contributed by atoms with Gasteiger partial charge in [-0.2, -0.15) is 0 Å². The predicted molar refractivity (Wildman–Crippen MR) is 12.4 cm³/mol. The first-order chi connectivity index (χ1) is 6.00. The zero-order valence-electron chi connectivity index (χ0n) is 7.74. The molecule has 0 aliphatic heterocycles. The molecule has 17 heteroatoms. The van der Waals surface area contributed by atoms with E-state index in [1.54, 1.807) is 0 Å². The van der Waals surface area contributed by atoms with E-state index in [1.807, 2.05) is 0 Å². The Morgan fingerprint density at radius 1 is 0.471 bits per heavy atom. The van der Waals surface area contributed by atoms with Gasteiger partial charge in [0.25, 0.3) is 0 Å². The van der Waals surface area contributed by atoms with E-state index in [-0.39, 0.29) is 56.9 Å². The third kappa shape index (κ3) is 2620. The summed E-state index contributed by atoms with van der Waals surface area (Å²) in [6.45, 7) is 0. The maximum absolute atomic E-state index is 8.58. The van der Waals surface area contributed by atoms with Crippen LogP contribution in [0, 0.1) is 0 Å². The van der Waals surface area contributed by atoms with Gasteiger partial charge in [0.05, 0.1) is 0 Å². The summed E-state index contributed by atoms with van der Waals surface area (Å²) in [4.78, 5) is 0. The van der Waals surface area contributed by atoms with Crippen molar-refractivity contribution in [2.24, 2.45) is 0 Å². The number of hydrogen-bond donors (Lipinski definition) is 0. The summed E-state index contributed by atoms with van der Waals surface area (Å²) in [6, 6.07) is 0. The van der Waals surface area contributed by atoms with Gasteiger partial charge in [-0.05, 0) is 0 Å². The summed E-state index contributed by atoms with van der Waals surface area (Å²) in [5.74, 6) is 0. The molecule has 0 bridgehead atoms. The molecule has 0 radical (unpaired) electrons. The quantitative estimate of drug-likeness (QED) is 0.333. The van der Waals surface area contributed by atoms with Crippen LogP contribution in [-0.4, -0.2) is 0 Å². The fraction of sp³-hybridized carbons (Fsp3) is 0. The van der Waals surface area contributed by atoms with Crippen LogP contribution in [0.15, 0.2) is 0 Å². The minimum absolute atomic E-state index is 0. The average Bonchev–Trinajstić information content (AvgIpc) is 1.41. The number of hydrogen-bond acceptors (Lipinski definition) is 12. The molecule has 4 N–H and O–H groups in total. The van der Waals surface area contributed by atoms with Crippen molar-refractivity contribution in [1.29, 1.82) is 0 Å². The van der Waals surface area contributed by atoms with E-state index < -0.39 is 38.9 Å². The minimum atomic E-state index is -5.62. The molecule has 17 heavy (non-hydrogen) atoms. The molecular weight excluding hydrogens is 412 g/mol. The van der Waals surface area contributed by atoms with E-state index in [0.29, 0.717) is 0 Å². The molecule has 0 rings (SSSR count). The Hall–Kier alpha value is 1.23. The van der Waals surface area contributed by atoms with Crippen LogP contribution in [0.5, 0.6) is 0 Å². The third-order valence-corrected chi connectivity index (χ3v) is 0. The van der Waals surface area contributed by atoms with Gasteiger partial charge in [0.15, 0.2) is 0 Å². The van der Waals surface area contributed by atoms with E-state index in [4.69, 9.17) is 47.1 Å². The summed E-state index contributed by atoms with van der Waals surface area (Å²) in [5.41, 5.74) is 0. The van der Waals surface area contributed by atoms with Crippen molar-refractivity contribution in [2.45, 2.75) is 0 Å². The summed E-state index contributed by atoms with van der Waals surface area (Å²) >= 11 is -16.9. The summed E-state index contributed by atoms with van der Waals surface area (Å²) < 4.78 is 103. The molecule has 0 amide bonds. The zero-order valence-corrected chi connectivity index (χ0v) is 14.4. The molecule has 0 aliphatic rings. The van der Waals surface area contributed by atoms with Crippen molar-refractivity contribution < 1.29 is 143 Å². The molecule has 0 aromatic heterocycles. The van der Waals surface area contributed by atoms with Crippen molar-refractivity contribution in [3.63, 3.8) is 0 Å². The molecule has 0 unspecified atom stereocenters. The SMILES string of the molecule is [K+].[OH4+2].[O]=[Mn](=[O])(=[O])[O-].[O]=[Mn](=[O])(=[O])[O-].[O]=[Mn](=[O])(=[O])[O-]. The second-order valence-corrected chi connectivity index (χ2v) is 4.68. The molecule has 104 valence electrons. The first kappa shape index (κ1) is 30.9. The Morgan fingerprint density at radius 3 is 0.471 bits per heavy atom. The van der Waals surface area contributed by atoms with E-state index in [2.05, 4.69) is 0 Å². The molecule has 0 aliphatic carbocycles. The molecule has 0 fully saturated rings. The average molecular weight is 416 g/mol. The summed E-state index contributed by atoms with van der Waals surface area (Å²) in [7, 11) is 0. The van der Waals surface area contributed by atoms with E-state index in [0.717, 1.165) is 0 Å². The molecule has 0 saturated carbocycles. The van der Waals surface area contributed by atoms with Crippen molar-refractivity contribution in [1.82, 2.24) is 0 Å². The van der Waals surface area contributed by atoms with E-state index >= 15 is 0 Å². The predicted octanol–water partition coefficient (Wildman–Crippen LogP) is -8.83.